The predicted octanol–water partition coefficient (Wildman–Crippen LogP) is 2.55. The van der Waals surface area contributed by atoms with Crippen LogP contribution in [-0.4, -0.2) is 49.1 Å². The number of rotatable bonds is 3. The van der Waals surface area contributed by atoms with Crippen molar-refractivity contribution in [3.05, 3.63) is 11.1 Å². The van der Waals surface area contributed by atoms with Gasteiger partial charge in [-0.15, -0.1) is 0 Å². The number of likely N-dealkylation sites (tertiary alicyclic amines) is 2. The maximum absolute atomic E-state index is 6.15. The predicted molar refractivity (Wildman–Crippen MR) is 72.3 cm³/mol. The van der Waals surface area contributed by atoms with Crippen molar-refractivity contribution in [1.82, 2.24) is 9.80 Å². The van der Waals surface area contributed by atoms with Gasteiger partial charge in [0.1, 0.15) is 0 Å². The fourth-order valence-electron chi connectivity index (χ4n) is 3.62. The van der Waals surface area contributed by atoms with Crippen LogP contribution in [0.25, 0.3) is 0 Å². The van der Waals surface area contributed by atoms with Crippen LogP contribution in [0.5, 0.6) is 0 Å². The highest BCUT2D eigenvalue weighted by Crippen LogP contribution is 2.36. The molecule has 0 bridgehead atoms. The first-order valence-corrected chi connectivity index (χ1v) is 7.48. The summed E-state index contributed by atoms with van der Waals surface area (Å²) in [6.07, 6.45) is 7.40. The van der Waals surface area contributed by atoms with Crippen LogP contribution >= 0.6 is 11.6 Å². The molecule has 3 aliphatic rings. The lowest BCUT2D eigenvalue weighted by Gasteiger charge is -2.21. The molecule has 0 saturated carbocycles. The van der Waals surface area contributed by atoms with Gasteiger partial charge in [0.15, 0.2) is 0 Å². The standard InChI is InChI=1S/C14H23ClN2/c15-14-4-3-12-10-17(11-13(12)9-14)8-7-16-5-1-2-6-16/h4,12-13H,1-3,5-11H2/t12-,13+/m0/s1. The van der Waals surface area contributed by atoms with Crippen molar-refractivity contribution in [3.8, 4) is 0 Å². The zero-order chi connectivity index (χ0) is 11.7. The van der Waals surface area contributed by atoms with E-state index in [1.165, 1.54) is 58.5 Å². The minimum atomic E-state index is 0.839. The summed E-state index contributed by atoms with van der Waals surface area (Å²) in [6.45, 7) is 7.79. The smallest absolute Gasteiger partial charge is 0.0144 e. The van der Waals surface area contributed by atoms with Crippen LogP contribution in [0.1, 0.15) is 25.7 Å². The molecule has 3 heteroatoms. The highest BCUT2D eigenvalue weighted by Gasteiger charge is 2.34. The summed E-state index contributed by atoms with van der Waals surface area (Å²) in [5.41, 5.74) is 0. The third-order valence-electron chi connectivity index (χ3n) is 4.68. The SMILES string of the molecule is ClC1=CC[C@H]2CN(CCN3CCCC3)C[C@H]2C1. The van der Waals surface area contributed by atoms with E-state index in [1.807, 2.05) is 0 Å². The average molecular weight is 255 g/mol. The van der Waals surface area contributed by atoms with E-state index in [-0.39, 0.29) is 0 Å². The summed E-state index contributed by atoms with van der Waals surface area (Å²) >= 11 is 6.15. The fourth-order valence-corrected chi connectivity index (χ4v) is 3.91. The third kappa shape index (κ3) is 2.86. The number of allylic oxidation sites excluding steroid dienone is 2. The molecule has 0 aromatic heterocycles. The van der Waals surface area contributed by atoms with Crippen molar-refractivity contribution in [2.75, 3.05) is 39.3 Å². The summed E-state index contributed by atoms with van der Waals surface area (Å²) in [4.78, 5) is 5.28. The Kier molecular flexibility index (Phi) is 3.74. The van der Waals surface area contributed by atoms with Gasteiger partial charge >= 0.3 is 0 Å². The van der Waals surface area contributed by atoms with Crippen LogP contribution in [0.15, 0.2) is 11.1 Å². The molecule has 17 heavy (non-hydrogen) atoms. The van der Waals surface area contributed by atoms with Crippen LogP contribution in [-0.2, 0) is 0 Å². The minimum Gasteiger partial charge on any atom is -0.302 e. The Balaban J connectivity index is 1.45. The Bertz CT molecular complexity index is 297. The highest BCUT2D eigenvalue weighted by molar-refractivity contribution is 6.29. The molecule has 2 fully saturated rings. The van der Waals surface area contributed by atoms with Gasteiger partial charge in [0.25, 0.3) is 0 Å². The molecule has 2 heterocycles. The van der Waals surface area contributed by atoms with Crippen LogP contribution in [0, 0.1) is 11.8 Å². The number of fused-ring (bicyclic) bond motifs is 1. The second kappa shape index (κ2) is 5.29. The Hall–Kier alpha value is -0.0500. The molecular formula is C14H23ClN2. The van der Waals surface area contributed by atoms with Crippen molar-refractivity contribution in [2.45, 2.75) is 25.7 Å². The van der Waals surface area contributed by atoms with E-state index in [1.54, 1.807) is 0 Å². The van der Waals surface area contributed by atoms with Gasteiger partial charge in [-0.2, -0.15) is 0 Å². The quantitative estimate of drug-likeness (QED) is 0.764. The lowest BCUT2D eigenvalue weighted by atomic mass is 9.86. The number of hydrogen-bond donors (Lipinski definition) is 0. The topological polar surface area (TPSA) is 6.48 Å². The largest absolute Gasteiger partial charge is 0.302 e. The minimum absolute atomic E-state index is 0.839. The van der Waals surface area contributed by atoms with Crippen LogP contribution in [0.2, 0.25) is 0 Å². The number of hydrogen-bond acceptors (Lipinski definition) is 2. The Morgan fingerprint density at radius 3 is 2.59 bits per heavy atom. The van der Waals surface area contributed by atoms with Gasteiger partial charge in [-0.25, -0.2) is 0 Å². The van der Waals surface area contributed by atoms with Crippen LogP contribution < -0.4 is 0 Å². The first-order chi connectivity index (χ1) is 8.31. The fraction of sp³-hybridized carbons (Fsp3) is 0.857. The molecule has 2 atom stereocenters. The molecule has 0 N–H and O–H groups in total. The lowest BCUT2D eigenvalue weighted by Crippen LogP contribution is -2.32. The number of halogens is 1. The molecular weight excluding hydrogens is 232 g/mol. The monoisotopic (exact) mass is 254 g/mol. The molecule has 2 aliphatic heterocycles. The van der Waals surface area contributed by atoms with E-state index < -0.39 is 0 Å². The summed E-state index contributed by atoms with van der Waals surface area (Å²) < 4.78 is 0. The zero-order valence-corrected chi connectivity index (χ0v) is 11.3. The second-order valence-corrected chi connectivity index (χ2v) is 6.40. The molecule has 1 aliphatic carbocycles. The van der Waals surface area contributed by atoms with Gasteiger partial charge in [0.2, 0.25) is 0 Å². The van der Waals surface area contributed by atoms with Gasteiger partial charge < -0.3 is 9.80 Å². The van der Waals surface area contributed by atoms with Gasteiger partial charge in [-0.1, -0.05) is 17.7 Å². The normalized spacial score (nSPS) is 35.0. The summed E-state index contributed by atoms with van der Waals surface area (Å²) in [6, 6.07) is 0. The van der Waals surface area contributed by atoms with Crippen molar-refractivity contribution < 1.29 is 0 Å². The van der Waals surface area contributed by atoms with E-state index in [0.717, 1.165) is 23.3 Å². The van der Waals surface area contributed by atoms with Gasteiger partial charge in [-0.3, -0.25) is 0 Å². The summed E-state index contributed by atoms with van der Waals surface area (Å²) in [5, 5.41) is 1.10. The Morgan fingerprint density at radius 1 is 1.06 bits per heavy atom. The van der Waals surface area contributed by atoms with Gasteiger partial charge in [0, 0.05) is 31.2 Å². The molecule has 2 nitrogen and oxygen atoms in total. The number of nitrogens with zero attached hydrogens (tertiary/aromatic N) is 2. The highest BCUT2D eigenvalue weighted by atomic mass is 35.5. The van der Waals surface area contributed by atoms with Crippen LogP contribution in [0.4, 0.5) is 0 Å². The van der Waals surface area contributed by atoms with Crippen molar-refractivity contribution in [1.29, 1.82) is 0 Å². The first-order valence-electron chi connectivity index (χ1n) is 7.10. The van der Waals surface area contributed by atoms with E-state index in [9.17, 15) is 0 Å². The van der Waals surface area contributed by atoms with Crippen molar-refractivity contribution in [3.63, 3.8) is 0 Å². The van der Waals surface area contributed by atoms with E-state index >= 15 is 0 Å². The average Bonchev–Trinajstić information content (AvgIpc) is 2.94. The van der Waals surface area contributed by atoms with E-state index in [0.29, 0.717) is 0 Å². The summed E-state index contributed by atoms with van der Waals surface area (Å²) in [7, 11) is 0. The van der Waals surface area contributed by atoms with Gasteiger partial charge in [-0.05, 0) is 50.6 Å². The van der Waals surface area contributed by atoms with Crippen LogP contribution in [0.3, 0.4) is 0 Å². The maximum Gasteiger partial charge on any atom is 0.0144 e. The molecule has 0 unspecified atom stereocenters. The first kappa shape index (κ1) is 12.0. The van der Waals surface area contributed by atoms with Gasteiger partial charge in [0.05, 0.1) is 0 Å². The second-order valence-electron chi connectivity index (χ2n) is 5.92. The van der Waals surface area contributed by atoms with E-state index in [2.05, 4.69) is 15.9 Å². The zero-order valence-electron chi connectivity index (χ0n) is 10.6. The molecule has 0 amide bonds. The molecule has 2 saturated heterocycles. The Labute approximate surface area is 110 Å². The third-order valence-corrected chi connectivity index (χ3v) is 4.99. The van der Waals surface area contributed by atoms with Crippen molar-refractivity contribution >= 4 is 11.6 Å². The molecule has 3 rings (SSSR count). The van der Waals surface area contributed by atoms with Crippen molar-refractivity contribution in [2.24, 2.45) is 11.8 Å². The maximum atomic E-state index is 6.15. The molecule has 0 aromatic carbocycles. The molecule has 96 valence electrons. The van der Waals surface area contributed by atoms with E-state index in [4.69, 9.17) is 11.6 Å². The lowest BCUT2D eigenvalue weighted by molar-refractivity contribution is 0.250. The molecule has 0 aromatic rings. The Morgan fingerprint density at radius 2 is 1.76 bits per heavy atom. The molecule has 0 spiro atoms. The molecule has 0 radical (unpaired) electrons. The summed E-state index contributed by atoms with van der Waals surface area (Å²) in [5.74, 6) is 1.72.